The van der Waals surface area contributed by atoms with Gasteiger partial charge in [0.2, 0.25) is 0 Å². The van der Waals surface area contributed by atoms with Gasteiger partial charge in [0.05, 0.1) is 5.41 Å². The summed E-state index contributed by atoms with van der Waals surface area (Å²) in [4.78, 5) is 13.5. The Bertz CT molecular complexity index is 246. The molecule has 0 saturated heterocycles. The molecule has 0 unspecified atom stereocenters. The number of rotatable bonds is 3. The minimum absolute atomic E-state index is 0.438. The zero-order valence-corrected chi connectivity index (χ0v) is 8.41. The van der Waals surface area contributed by atoms with Gasteiger partial charge in [0.1, 0.15) is 0 Å². The topological polar surface area (TPSA) is 40.5 Å². The van der Waals surface area contributed by atoms with Crippen molar-refractivity contribution in [3.8, 4) is 0 Å². The van der Waals surface area contributed by atoms with Gasteiger partial charge < -0.3 is 5.11 Å². The van der Waals surface area contributed by atoms with Crippen LogP contribution in [0.1, 0.15) is 25.7 Å². The molecule has 1 fully saturated rings. The molecule has 2 aliphatic rings. The Morgan fingerprint density at radius 1 is 1.29 bits per heavy atom. The molecule has 0 aromatic heterocycles. The standard InChI is InChI=1S/C11H17NO2/c13-10(14)11(5-1-2-6-11)9-12-7-3-4-8-12/h3-4H,1-2,5-9H2,(H,13,14). The van der Waals surface area contributed by atoms with E-state index in [1.54, 1.807) is 0 Å². The second kappa shape index (κ2) is 3.73. The van der Waals surface area contributed by atoms with E-state index in [4.69, 9.17) is 0 Å². The highest BCUT2D eigenvalue weighted by atomic mass is 16.4. The molecule has 0 radical (unpaired) electrons. The Morgan fingerprint density at radius 3 is 2.36 bits per heavy atom. The fourth-order valence-corrected chi connectivity index (χ4v) is 2.57. The first kappa shape index (κ1) is 9.71. The molecule has 1 aliphatic carbocycles. The monoisotopic (exact) mass is 195 g/mol. The molecule has 0 aromatic carbocycles. The summed E-state index contributed by atoms with van der Waals surface area (Å²) in [6.07, 6.45) is 8.10. The van der Waals surface area contributed by atoms with Crippen molar-refractivity contribution in [2.45, 2.75) is 25.7 Å². The molecule has 0 atom stereocenters. The second-order valence-electron chi connectivity index (χ2n) is 4.46. The van der Waals surface area contributed by atoms with E-state index in [9.17, 15) is 9.90 Å². The number of aliphatic carboxylic acids is 1. The summed E-state index contributed by atoms with van der Waals surface area (Å²) in [6, 6.07) is 0. The molecule has 1 saturated carbocycles. The highest BCUT2D eigenvalue weighted by Gasteiger charge is 2.42. The average molecular weight is 195 g/mol. The molecular weight excluding hydrogens is 178 g/mol. The van der Waals surface area contributed by atoms with Gasteiger partial charge in [0, 0.05) is 19.6 Å². The van der Waals surface area contributed by atoms with Crippen molar-refractivity contribution in [1.82, 2.24) is 4.90 Å². The van der Waals surface area contributed by atoms with Crippen LogP contribution in [0.2, 0.25) is 0 Å². The van der Waals surface area contributed by atoms with Crippen molar-refractivity contribution < 1.29 is 9.90 Å². The van der Waals surface area contributed by atoms with Gasteiger partial charge in [-0.25, -0.2) is 0 Å². The van der Waals surface area contributed by atoms with E-state index in [2.05, 4.69) is 17.1 Å². The van der Waals surface area contributed by atoms with Crippen LogP contribution in [0.15, 0.2) is 12.2 Å². The third-order valence-electron chi connectivity index (χ3n) is 3.43. The summed E-state index contributed by atoms with van der Waals surface area (Å²) >= 11 is 0. The van der Waals surface area contributed by atoms with Crippen LogP contribution in [0.4, 0.5) is 0 Å². The molecule has 3 heteroatoms. The molecule has 1 aliphatic heterocycles. The molecule has 0 bridgehead atoms. The van der Waals surface area contributed by atoms with Gasteiger partial charge in [-0.3, -0.25) is 9.69 Å². The van der Waals surface area contributed by atoms with E-state index in [0.29, 0.717) is 0 Å². The fraction of sp³-hybridized carbons (Fsp3) is 0.727. The van der Waals surface area contributed by atoms with Crippen LogP contribution >= 0.6 is 0 Å². The van der Waals surface area contributed by atoms with Crippen molar-refractivity contribution in [2.75, 3.05) is 19.6 Å². The highest BCUT2D eigenvalue weighted by Crippen LogP contribution is 2.39. The minimum Gasteiger partial charge on any atom is -0.481 e. The van der Waals surface area contributed by atoms with Gasteiger partial charge in [-0.2, -0.15) is 0 Å². The van der Waals surface area contributed by atoms with E-state index >= 15 is 0 Å². The van der Waals surface area contributed by atoms with Crippen LogP contribution < -0.4 is 0 Å². The average Bonchev–Trinajstić information content (AvgIpc) is 2.76. The Kier molecular flexibility index (Phi) is 2.59. The maximum atomic E-state index is 11.3. The molecule has 1 N–H and O–H groups in total. The second-order valence-corrected chi connectivity index (χ2v) is 4.46. The van der Waals surface area contributed by atoms with E-state index in [0.717, 1.165) is 45.3 Å². The van der Waals surface area contributed by atoms with Crippen LogP contribution in [0.25, 0.3) is 0 Å². The summed E-state index contributed by atoms with van der Waals surface area (Å²) in [6.45, 7) is 2.58. The van der Waals surface area contributed by atoms with Gasteiger partial charge in [-0.1, -0.05) is 25.0 Å². The van der Waals surface area contributed by atoms with Crippen LogP contribution in [-0.4, -0.2) is 35.6 Å². The highest BCUT2D eigenvalue weighted by molar-refractivity contribution is 5.75. The number of nitrogens with zero attached hydrogens (tertiary/aromatic N) is 1. The van der Waals surface area contributed by atoms with Crippen LogP contribution in [0.5, 0.6) is 0 Å². The lowest BCUT2D eigenvalue weighted by Crippen LogP contribution is -2.40. The van der Waals surface area contributed by atoms with E-state index < -0.39 is 11.4 Å². The maximum absolute atomic E-state index is 11.3. The number of carbonyl (C=O) groups is 1. The van der Waals surface area contributed by atoms with Crippen molar-refractivity contribution in [3.05, 3.63) is 12.2 Å². The number of hydrogen-bond acceptors (Lipinski definition) is 2. The molecule has 2 rings (SSSR count). The summed E-state index contributed by atoms with van der Waals surface area (Å²) in [5.41, 5.74) is -0.438. The fourth-order valence-electron chi connectivity index (χ4n) is 2.57. The molecular formula is C11H17NO2. The van der Waals surface area contributed by atoms with E-state index in [1.807, 2.05) is 0 Å². The van der Waals surface area contributed by atoms with Crippen LogP contribution in [0.3, 0.4) is 0 Å². The normalized spacial score (nSPS) is 25.7. The van der Waals surface area contributed by atoms with Gasteiger partial charge >= 0.3 is 5.97 Å². The Hall–Kier alpha value is -0.830. The minimum atomic E-state index is -0.595. The first-order valence-corrected chi connectivity index (χ1v) is 5.34. The molecule has 14 heavy (non-hydrogen) atoms. The van der Waals surface area contributed by atoms with Crippen molar-refractivity contribution in [1.29, 1.82) is 0 Å². The number of carboxylic acids is 1. The van der Waals surface area contributed by atoms with Gasteiger partial charge in [-0.15, -0.1) is 0 Å². The van der Waals surface area contributed by atoms with Crippen molar-refractivity contribution >= 4 is 5.97 Å². The van der Waals surface area contributed by atoms with E-state index in [-0.39, 0.29) is 0 Å². The zero-order chi connectivity index (χ0) is 10.0. The largest absolute Gasteiger partial charge is 0.481 e. The molecule has 3 nitrogen and oxygen atoms in total. The molecule has 0 spiro atoms. The number of hydrogen-bond donors (Lipinski definition) is 1. The third kappa shape index (κ3) is 1.69. The Balaban J connectivity index is 2.00. The SMILES string of the molecule is O=C(O)C1(CN2CC=CC2)CCCC1. The maximum Gasteiger partial charge on any atom is 0.310 e. The quantitative estimate of drug-likeness (QED) is 0.694. The summed E-state index contributed by atoms with van der Waals surface area (Å²) in [7, 11) is 0. The lowest BCUT2D eigenvalue weighted by molar-refractivity contribution is -0.149. The number of carboxylic acid groups (broad SMARTS) is 1. The van der Waals surface area contributed by atoms with Crippen molar-refractivity contribution in [2.24, 2.45) is 5.41 Å². The van der Waals surface area contributed by atoms with Crippen LogP contribution in [-0.2, 0) is 4.79 Å². The third-order valence-corrected chi connectivity index (χ3v) is 3.43. The zero-order valence-electron chi connectivity index (χ0n) is 8.41. The van der Waals surface area contributed by atoms with E-state index in [1.165, 1.54) is 0 Å². The van der Waals surface area contributed by atoms with Gasteiger partial charge in [0.15, 0.2) is 0 Å². The molecule has 0 aromatic rings. The Morgan fingerprint density at radius 2 is 1.86 bits per heavy atom. The smallest absolute Gasteiger partial charge is 0.310 e. The summed E-state index contributed by atoms with van der Waals surface area (Å²) < 4.78 is 0. The predicted molar refractivity (Wildman–Crippen MR) is 54.1 cm³/mol. The van der Waals surface area contributed by atoms with Gasteiger partial charge in [0.25, 0.3) is 0 Å². The lowest BCUT2D eigenvalue weighted by Gasteiger charge is -2.29. The molecule has 78 valence electrons. The first-order valence-electron chi connectivity index (χ1n) is 5.34. The predicted octanol–water partition coefficient (Wildman–Crippen LogP) is 1.50. The van der Waals surface area contributed by atoms with Gasteiger partial charge in [-0.05, 0) is 12.8 Å². The summed E-state index contributed by atoms with van der Waals surface area (Å²) in [5.74, 6) is -0.595. The summed E-state index contributed by atoms with van der Waals surface area (Å²) in [5, 5.41) is 9.28. The van der Waals surface area contributed by atoms with Crippen LogP contribution in [0, 0.1) is 5.41 Å². The first-order chi connectivity index (χ1) is 6.73. The Labute approximate surface area is 84.4 Å². The lowest BCUT2D eigenvalue weighted by atomic mass is 9.86. The molecule has 1 heterocycles. The molecule has 0 amide bonds. The van der Waals surface area contributed by atoms with Crippen molar-refractivity contribution in [3.63, 3.8) is 0 Å².